The van der Waals surface area contributed by atoms with Crippen molar-refractivity contribution < 1.29 is 4.74 Å². The summed E-state index contributed by atoms with van der Waals surface area (Å²) in [4.78, 5) is 5.02. The van der Waals surface area contributed by atoms with Gasteiger partial charge in [0.15, 0.2) is 0 Å². The van der Waals surface area contributed by atoms with Gasteiger partial charge in [0.25, 0.3) is 0 Å². The van der Waals surface area contributed by atoms with Crippen molar-refractivity contribution in [2.75, 3.05) is 58.7 Å². The van der Waals surface area contributed by atoms with Gasteiger partial charge in [-0.1, -0.05) is 12.1 Å². The van der Waals surface area contributed by atoms with Crippen molar-refractivity contribution >= 4 is 5.69 Å². The molecule has 2 rings (SSSR count). The van der Waals surface area contributed by atoms with E-state index in [1.54, 1.807) is 7.11 Å². The lowest BCUT2D eigenvalue weighted by molar-refractivity contribution is 0.0976. The van der Waals surface area contributed by atoms with E-state index in [-0.39, 0.29) is 0 Å². The van der Waals surface area contributed by atoms with Crippen molar-refractivity contribution in [2.45, 2.75) is 6.42 Å². The van der Waals surface area contributed by atoms with Crippen molar-refractivity contribution in [1.82, 2.24) is 9.80 Å². The van der Waals surface area contributed by atoms with Gasteiger partial charge in [-0.3, -0.25) is 4.90 Å². The molecular formula is C15H25N3O. The first-order valence-corrected chi connectivity index (χ1v) is 7.06. The third kappa shape index (κ3) is 4.82. The molecule has 1 fully saturated rings. The van der Waals surface area contributed by atoms with E-state index in [0.29, 0.717) is 0 Å². The molecule has 0 saturated carbocycles. The molecule has 0 atom stereocenters. The zero-order chi connectivity index (χ0) is 13.5. The van der Waals surface area contributed by atoms with Crippen LogP contribution < -0.4 is 5.73 Å². The highest BCUT2D eigenvalue weighted by molar-refractivity contribution is 5.39. The van der Waals surface area contributed by atoms with Crippen LogP contribution in [0.15, 0.2) is 24.3 Å². The van der Waals surface area contributed by atoms with Crippen LogP contribution in [-0.4, -0.2) is 62.8 Å². The van der Waals surface area contributed by atoms with E-state index in [4.69, 9.17) is 10.5 Å². The number of nitrogens with zero attached hydrogens (tertiary/aromatic N) is 2. The average molecular weight is 263 g/mol. The van der Waals surface area contributed by atoms with Crippen LogP contribution in [0.5, 0.6) is 0 Å². The summed E-state index contributed by atoms with van der Waals surface area (Å²) in [6.45, 7) is 7.68. The van der Waals surface area contributed by atoms with Crippen LogP contribution in [0.1, 0.15) is 5.56 Å². The highest BCUT2D eigenvalue weighted by Crippen LogP contribution is 2.08. The molecule has 2 N–H and O–H groups in total. The Kier molecular flexibility index (Phi) is 5.63. The third-order valence-corrected chi connectivity index (χ3v) is 3.77. The number of ether oxygens (including phenoxy) is 1. The lowest BCUT2D eigenvalue weighted by atomic mass is 10.1. The molecule has 0 aliphatic carbocycles. The number of hydrogen-bond acceptors (Lipinski definition) is 4. The quantitative estimate of drug-likeness (QED) is 0.780. The molecule has 0 amide bonds. The van der Waals surface area contributed by atoms with Gasteiger partial charge in [-0.15, -0.1) is 0 Å². The molecular weight excluding hydrogens is 238 g/mol. The first-order chi connectivity index (χ1) is 9.28. The van der Waals surface area contributed by atoms with Gasteiger partial charge in [0.05, 0.1) is 6.61 Å². The summed E-state index contributed by atoms with van der Waals surface area (Å²) in [5.41, 5.74) is 7.91. The van der Waals surface area contributed by atoms with E-state index >= 15 is 0 Å². The zero-order valence-electron chi connectivity index (χ0n) is 11.8. The van der Waals surface area contributed by atoms with E-state index in [2.05, 4.69) is 21.9 Å². The first kappa shape index (κ1) is 14.3. The topological polar surface area (TPSA) is 41.7 Å². The molecule has 1 aromatic carbocycles. The monoisotopic (exact) mass is 263 g/mol. The number of hydrogen-bond donors (Lipinski definition) is 1. The van der Waals surface area contributed by atoms with Crippen LogP contribution in [0.4, 0.5) is 5.69 Å². The van der Waals surface area contributed by atoms with E-state index in [0.717, 1.165) is 44.9 Å². The van der Waals surface area contributed by atoms with Crippen LogP contribution in [-0.2, 0) is 11.2 Å². The summed E-state index contributed by atoms with van der Waals surface area (Å²) in [7, 11) is 1.77. The molecule has 4 nitrogen and oxygen atoms in total. The lowest BCUT2D eigenvalue weighted by Gasteiger charge is -2.34. The Morgan fingerprint density at radius 3 is 2.16 bits per heavy atom. The van der Waals surface area contributed by atoms with Gasteiger partial charge >= 0.3 is 0 Å². The summed E-state index contributed by atoms with van der Waals surface area (Å²) >= 11 is 0. The maximum absolute atomic E-state index is 5.69. The number of nitrogens with two attached hydrogens (primary N) is 1. The second-order valence-corrected chi connectivity index (χ2v) is 5.17. The molecule has 0 bridgehead atoms. The van der Waals surface area contributed by atoms with E-state index < -0.39 is 0 Å². The van der Waals surface area contributed by atoms with Gasteiger partial charge in [0.2, 0.25) is 0 Å². The Balaban J connectivity index is 1.67. The van der Waals surface area contributed by atoms with E-state index in [1.807, 2.05) is 12.1 Å². The number of anilines is 1. The normalized spacial score (nSPS) is 17.7. The van der Waals surface area contributed by atoms with Gasteiger partial charge in [0.1, 0.15) is 0 Å². The van der Waals surface area contributed by atoms with Crippen molar-refractivity contribution in [3.8, 4) is 0 Å². The predicted molar refractivity (Wildman–Crippen MR) is 79.3 cm³/mol. The fourth-order valence-electron chi connectivity index (χ4n) is 2.43. The Bertz CT molecular complexity index is 358. The standard InChI is InChI=1S/C15H25N3O/c1-19-13-12-18-10-8-17(9-11-18)7-6-14-2-4-15(16)5-3-14/h2-5H,6-13,16H2,1H3. The Morgan fingerprint density at radius 1 is 1.00 bits per heavy atom. The number of methoxy groups -OCH3 is 1. The molecule has 0 radical (unpaired) electrons. The van der Waals surface area contributed by atoms with Crippen molar-refractivity contribution in [1.29, 1.82) is 0 Å². The largest absolute Gasteiger partial charge is 0.399 e. The summed E-state index contributed by atoms with van der Waals surface area (Å²) in [6.07, 6.45) is 1.11. The molecule has 19 heavy (non-hydrogen) atoms. The van der Waals surface area contributed by atoms with Crippen molar-refractivity contribution in [3.63, 3.8) is 0 Å². The van der Waals surface area contributed by atoms with Gasteiger partial charge < -0.3 is 15.4 Å². The highest BCUT2D eigenvalue weighted by atomic mass is 16.5. The Hall–Kier alpha value is -1.10. The number of rotatable bonds is 6. The molecule has 1 aromatic rings. The molecule has 1 aliphatic heterocycles. The molecule has 1 aliphatic rings. The third-order valence-electron chi connectivity index (χ3n) is 3.77. The molecule has 1 heterocycles. The number of piperazine rings is 1. The van der Waals surface area contributed by atoms with Crippen LogP contribution in [0.3, 0.4) is 0 Å². The minimum Gasteiger partial charge on any atom is -0.399 e. The minimum atomic E-state index is 0.839. The summed E-state index contributed by atoms with van der Waals surface area (Å²) in [5, 5.41) is 0. The van der Waals surface area contributed by atoms with Crippen LogP contribution in [0.25, 0.3) is 0 Å². The molecule has 0 unspecified atom stereocenters. The molecule has 4 heteroatoms. The van der Waals surface area contributed by atoms with Crippen molar-refractivity contribution in [3.05, 3.63) is 29.8 Å². The average Bonchev–Trinajstić information content (AvgIpc) is 2.46. The van der Waals surface area contributed by atoms with Crippen molar-refractivity contribution in [2.24, 2.45) is 0 Å². The van der Waals surface area contributed by atoms with Gasteiger partial charge in [0, 0.05) is 52.1 Å². The molecule has 0 aromatic heterocycles. The molecule has 0 spiro atoms. The molecule has 106 valence electrons. The predicted octanol–water partition coefficient (Wildman–Crippen LogP) is 1.08. The smallest absolute Gasteiger partial charge is 0.0589 e. The van der Waals surface area contributed by atoms with Gasteiger partial charge in [-0.25, -0.2) is 0 Å². The Labute approximate surface area is 116 Å². The zero-order valence-corrected chi connectivity index (χ0v) is 11.8. The van der Waals surface area contributed by atoms with Gasteiger partial charge in [-0.2, -0.15) is 0 Å². The minimum absolute atomic E-state index is 0.839. The Morgan fingerprint density at radius 2 is 1.58 bits per heavy atom. The van der Waals surface area contributed by atoms with Gasteiger partial charge in [-0.05, 0) is 24.1 Å². The fourth-order valence-corrected chi connectivity index (χ4v) is 2.43. The first-order valence-electron chi connectivity index (χ1n) is 7.06. The highest BCUT2D eigenvalue weighted by Gasteiger charge is 2.15. The van der Waals surface area contributed by atoms with E-state index in [1.165, 1.54) is 18.7 Å². The lowest BCUT2D eigenvalue weighted by Crippen LogP contribution is -2.47. The summed E-state index contributed by atoms with van der Waals surface area (Å²) < 4.78 is 5.12. The van der Waals surface area contributed by atoms with Crippen LogP contribution >= 0.6 is 0 Å². The maximum Gasteiger partial charge on any atom is 0.0589 e. The fraction of sp³-hybridized carbons (Fsp3) is 0.600. The summed E-state index contributed by atoms with van der Waals surface area (Å²) in [5.74, 6) is 0. The summed E-state index contributed by atoms with van der Waals surface area (Å²) in [6, 6.07) is 8.23. The number of nitrogen functional groups attached to an aromatic ring is 1. The van der Waals surface area contributed by atoms with E-state index in [9.17, 15) is 0 Å². The second-order valence-electron chi connectivity index (χ2n) is 5.17. The number of benzene rings is 1. The molecule has 1 saturated heterocycles. The van der Waals surface area contributed by atoms with Crippen LogP contribution in [0, 0.1) is 0 Å². The maximum atomic E-state index is 5.69. The SMILES string of the molecule is COCCN1CCN(CCc2ccc(N)cc2)CC1. The van der Waals surface area contributed by atoms with Crippen LogP contribution in [0.2, 0.25) is 0 Å². The second kappa shape index (κ2) is 7.48.